The number of para-hydroxylation sites is 1. The molecule has 1 aromatic carbocycles. The largest absolute Gasteiger partial charge is 0.488 e. The van der Waals surface area contributed by atoms with Crippen LogP contribution in [0.3, 0.4) is 0 Å². The number of rotatable bonds is 3. The third-order valence-corrected chi connectivity index (χ3v) is 2.73. The number of ether oxygens (including phenoxy) is 1. The molecular formula is C13H17N3O. The normalized spacial score (nSPS) is 22.8. The van der Waals surface area contributed by atoms with Crippen molar-refractivity contribution in [2.24, 2.45) is 10.7 Å². The van der Waals surface area contributed by atoms with Crippen molar-refractivity contribution in [1.29, 1.82) is 0 Å². The average Bonchev–Trinajstić information content (AvgIpc) is 2.64. The van der Waals surface area contributed by atoms with E-state index in [-0.39, 0.29) is 12.1 Å². The summed E-state index contributed by atoms with van der Waals surface area (Å²) in [7, 11) is 0. The van der Waals surface area contributed by atoms with E-state index in [1.165, 1.54) is 0 Å². The fourth-order valence-corrected chi connectivity index (χ4v) is 1.93. The minimum Gasteiger partial charge on any atom is -0.488 e. The summed E-state index contributed by atoms with van der Waals surface area (Å²) < 4.78 is 5.73. The van der Waals surface area contributed by atoms with Crippen LogP contribution in [0.5, 0.6) is 5.75 Å². The first kappa shape index (κ1) is 11.5. The zero-order valence-corrected chi connectivity index (χ0v) is 9.89. The highest BCUT2D eigenvalue weighted by Gasteiger charge is 2.30. The lowest BCUT2D eigenvalue weighted by atomic mass is 10.1. The number of nitrogens with one attached hydrogen (secondary N) is 1. The highest BCUT2D eigenvalue weighted by molar-refractivity contribution is 5.78. The molecule has 0 saturated heterocycles. The monoisotopic (exact) mass is 231 g/mol. The van der Waals surface area contributed by atoms with Crippen LogP contribution in [0.25, 0.3) is 0 Å². The first-order valence-corrected chi connectivity index (χ1v) is 5.65. The second kappa shape index (κ2) is 4.91. The summed E-state index contributed by atoms with van der Waals surface area (Å²) in [5.41, 5.74) is 6.92. The van der Waals surface area contributed by atoms with Gasteiger partial charge in [0.2, 0.25) is 0 Å². The number of hydrogen-bond donors (Lipinski definition) is 2. The van der Waals surface area contributed by atoms with Gasteiger partial charge in [-0.05, 0) is 13.0 Å². The Morgan fingerprint density at radius 2 is 2.35 bits per heavy atom. The number of aliphatic imine (C=N–C) groups is 1. The third kappa shape index (κ3) is 2.41. The number of benzene rings is 1. The highest BCUT2D eigenvalue weighted by Crippen LogP contribution is 2.35. The maximum Gasteiger partial charge on any atom is 0.189 e. The zero-order valence-electron chi connectivity index (χ0n) is 9.89. The van der Waals surface area contributed by atoms with Crippen molar-refractivity contribution in [3.8, 4) is 5.75 Å². The Kier molecular flexibility index (Phi) is 3.32. The van der Waals surface area contributed by atoms with Crippen LogP contribution in [-0.4, -0.2) is 18.6 Å². The lowest BCUT2D eigenvalue weighted by Crippen LogP contribution is -2.38. The van der Waals surface area contributed by atoms with Crippen LogP contribution >= 0.6 is 0 Å². The standard InChI is InChI=1S/C13H17N3O/c1-3-8-15-13(14)16-12-9(2)17-11-7-5-4-6-10(11)12/h3-7,9,12H,1,8H2,2H3,(H3,14,15,16). The Morgan fingerprint density at radius 3 is 3.12 bits per heavy atom. The maximum absolute atomic E-state index is 5.79. The van der Waals surface area contributed by atoms with E-state index >= 15 is 0 Å². The van der Waals surface area contributed by atoms with E-state index in [1.54, 1.807) is 6.08 Å². The number of hydrogen-bond acceptors (Lipinski definition) is 2. The quantitative estimate of drug-likeness (QED) is 0.472. The Balaban J connectivity index is 2.14. The highest BCUT2D eigenvalue weighted by atomic mass is 16.5. The second-order valence-electron chi connectivity index (χ2n) is 4.00. The van der Waals surface area contributed by atoms with E-state index in [9.17, 15) is 0 Å². The van der Waals surface area contributed by atoms with E-state index in [4.69, 9.17) is 10.5 Å². The molecule has 90 valence electrons. The van der Waals surface area contributed by atoms with Gasteiger partial charge in [0.25, 0.3) is 0 Å². The maximum atomic E-state index is 5.79. The average molecular weight is 231 g/mol. The number of nitrogens with zero attached hydrogens (tertiary/aromatic N) is 1. The fraction of sp³-hybridized carbons (Fsp3) is 0.308. The SMILES string of the molecule is C=CCN=C(N)NC1c2ccccc2OC1C. The van der Waals surface area contributed by atoms with Crippen molar-refractivity contribution in [3.05, 3.63) is 42.5 Å². The van der Waals surface area contributed by atoms with Gasteiger partial charge in [0, 0.05) is 5.56 Å². The van der Waals surface area contributed by atoms with Gasteiger partial charge in [-0.15, -0.1) is 6.58 Å². The minimum atomic E-state index is 0.0462. The van der Waals surface area contributed by atoms with Crippen molar-refractivity contribution in [2.45, 2.75) is 19.1 Å². The topological polar surface area (TPSA) is 59.6 Å². The predicted molar refractivity (Wildman–Crippen MR) is 69.1 cm³/mol. The van der Waals surface area contributed by atoms with Gasteiger partial charge >= 0.3 is 0 Å². The smallest absolute Gasteiger partial charge is 0.189 e. The van der Waals surface area contributed by atoms with Crippen LogP contribution in [0.2, 0.25) is 0 Å². The van der Waals surface area contributed by atoms with Crippen LogP contribution in [0.4, 0.5) is 0 Å². The van der Waals surface area contributed by atoms with Gasteiger partial charge in [0.1, 0.15) is 11.9 Å². The molecule has 0 amide bonds. The molecule has 4 heteroatoms. The predicted octanol–water partition coefficient (Wildman–Crippen LogP) is 1.60. The van der Waals surface area contributed by atoms with Crippen molar-refractivity contribution in [1.82, 2.24) is 5.32 Å². The second-order valence-corrected chi connectivity index (χ2v) is 4.00. The molecule has 2 atom stereocenters. The van der Waals surface area contributed by atoms with E-state index in [2.05, 4.69) is 16.9 Å². The fourth-order valence-electron chi connectivity index (χ4n) is 1.93. The molecule has 0 fully saturated rings. The van der Waals surface area contributed by atoms with Crippen molar-refractivity contribution in [3.63, 3.8) is 0 Å². The Labute approximate surface area is 101 Å². The molecule has 1 aliphatic heterocycles. The number of fused-ring (bicyclic) bond motifs is 1. The molecular weight excluding hydrogens is 214 g/mol. The van der Waals surface area contributed by atoms with Gasteiger partial charge in [-0.25, -0.2) is 4.99 Å². The van der Waals surface area contributed by atoms with Crippen molar-refractivity contribution < 1.29 is 4.74 Å². The number of guanidine groups is 1. The molecule has 17 heavy (non-hydrogen) atoms. The van der Waals surface area contributed by atoms with E-state index in [1.807, 2.05) is 31.2 Å². The molecule has 0 spiro atoms. The molecule has 3 N–H and O–H groups in total. The number of nitrogens with two attached hydrogens (primary N) is 1. The van der Waals surface area contributed by atoms with Crippen molar-refractivity contribution in [2.75, 3.05) is 6.54 Å². The van der Waals surface area contributed by atoms with Crippen LogP contribution in [0.15, 0.2) is 41.9 Å². The molecule has 0 aromatic heterocycles. The summed E-state index contributed by atoms with van der Waals surface area (Å²) in [5.74, 6) is 1.33. The van der Waals surface area contributed by atoms with Gasteiger partial charge < -0.3 is 15.8 Å². The summed E-state index contributed by atoms with van der Waals surface area (Å²) in [4.78, 5) is 4.12. The van der Waals surface area contributed by atoms with Crippen LogP contribution < -0.4 is 15.8 Å². The first-order chi connectivity index (χ1) is 8.22. The molecule has 1 aliphatic rings. The van der Waals surface area contributed by atoms with Gasteiger partial charge in [-0.3, -0.25) is 0 Å². The molecule has 0 bridgehead atoms. The van der Waals surface area contributed by atoms with Crippen molar-refractivity contribution >= 4 is 5.96 Å². The minimum absolute atomic E-state index is 0.0462. The van der Waals surface area contributed by atoms with Gasteiger partial charge in [-0.1, -0.05) is 24.3 Å². The molecule has 0 aliphatic carbocycles. The molecule has 1 heterocycles. The van der Waals surface area contributed by atoms with E-state index in [0.717, 1.165) is 11.3 Å². The van der Waals surface area contributed by atoms with Crippen LogP contribution in [-0.2, 0) is 0 Å². The van der Waals surface area contributed by atoms with E-state index in [0.29, 0.717) is 12.5 Å². The van der Waals surface area contributed by atoms with E-state index < -0.39 is 0 Å². The summed E-state index contributed by atoms with van der Waals surface area (Å²) >= 11 is 0. The first-order valence-electron chi connectivity index (χ1n) is 5.65. The summed E-state index contributed by atoms with van der Waals surface area (Å²) in [6.45, 7) is 6.13. The Morgan fingerprint density at radius 1 is 1.59 bits per heavy atom. The Hall–Kier alpha value is -1.97. The molecule has 0 saturated carbocycles. The molecule has 2 unspecified atom stereocenters. The van der Waals surface area contributed by atoms with Gasteiger partial charge in [-0.2, -0.15) is 0 Å². The van der Waals surface area contributed by atoms with Gasteiger partial charge in [0.15, 0.2) is 5.96 Å². The van der Waals surface area contributed by atoms with Gasteiger partial charge in [0.05, 0.1) is 12.6 Å². The molecule has 2 rings (SSSR count). The summed E-state index contributed by atoms with van der Waals surface area (Å²) in [6.07, 6.45) is 1.75. The van der Waals surface area contributed by atoms with Crippen LogP contribution in [0.1, 0.15) is 18.5 Å². The lowest BCUT2D eigenvalue weighted by Gasteiger charge is -2.17. The van der Waals surface area contributed by atoms with Crippen LogP contribution in [0, 0.1) is 0 Å². The molecule has 0 radical (unpaired) electrons. The molecule has 1 aromatic rings. The zero-order chi connectivity index (χ0) is 12.3. The Bertz CT molecular complexity index is 442. The molecule has 4 nitrogen and oxygen atoms in total. The summed E-state index contributed by atoms with van der Waals surface area (Å²) in [5, 5.41) is 3.17. The summed E-state index contributed by atoms with van der Waals surface area (Å²) in [6, 6.07) is 8.01. The third-order valence-electron chi connectivity index (χ3n) is 2.73. The lowest BCUT2D eigenvalue weighted by molar-refractivity contribution is 0.219.